The molecule has 0 unspecified atom stereocenters. The first-order valence-corrected chi connectivity index (χ1v) is 9.18. The number of aliphatic hydroxyl groups is 1. The van der Waals surface area contributed by atoms with Crippen LogP contribution in [0.3, 0.4) is 0 Å². The van der Waals surface area contributed by atoms with Gasteiger partial charge in [-0.2, -0.15) is 4.31 Å². The summed E-state index contributed by atoms with van der Waals surface area (Å²) < 4.78 is 32.1. The van der Waals surface area contributed by atoms with Gasteiger partial charge in [-0.1, -0.05) is 23.8 Å². The number of sulfonamides is 1. The third-order valence-corrected chi connectivity index (χ3v) is 5.83. The Kier molecular flexibility index (Phi) is 5.47. The van der Waals surface area contributed by atoms with Crippen LogP contribution >= 0.6 is 0 Å². The molecular weight excluding hydrogens is 330 g/mol. The average molecular weight is 353 g/mol. The van der Waals surface area contributed by atoms with Crippen LogP contribution in [-0.2, 0) is 19.6 Å². The highest BCUT2D eigenvalue weighted by Gasteiger charge is 2.43. The molecule has 0 radical (unpaired) electrons. The fourth-order valence-corrected chi connectivity index (χ4v) is 4.50. The van der Waals surface area contributed by atoms with Crippen molar-refractivity contribution >= 4 is 16.0 Å². The summed E-state index contributed by atoms with van der Waals surface area (Å²) in [5.74, 6) is -0.504. The Bertz CT molecular complexity index is 713. The fourth-order valence-electron chi connectivity index (χ4n) is 2.95. The van der Waals surface area contributed by atoms with Gasteiger partial charge in [0, 0.05) is 19.9 Å². The largest absolute Gasteiger partial charge is 0.461 e. The topological polar surface area (TPSA) is 83.9 Å². The first-order valence-electron chi connectivity index (χ1n) is 7.74. The lowest BCUT2D eigenvalue weighted by molar-refractivity contribution is -0.153. The predicted octanol–water partition coefficient (Wildman–Crippen LogP) is 1.63. The van der Waals surface area contributed by atoms with Crippen LogP contribution in [-0.4, -0.2) is 48.6 Å². The Labute approximate surface area is 142 Å². The van der Waals surface area contributed by atoms with E-state index in [2.05, 4.69) is 6.58 Å². The predicted molar refractivity (Wildman–Crippen MR) is 89.9 cm³/mol. The molecule has 1 N–H and O–H groups in total. The van der Waals surface area contributed by atoms with E-state index >= 15 is 0 Å². The van der Waals surface area contributed by atoms with Crippen molar-refractivity contribution in [2.24, 2.45) is 0 Å². The number of aryl methyl sites for hydroxylation is 1. The molecule has 0 bridgehead atoms. The molecular formula is C17H23NO5S. The maximum atomic E-state index is 12.9. The minimum absolute atomic E-state index is 0.0231. The Balaban J connectivity index is 2.33. The van der Waals surface area contributed by atoms with E-state index in [0.29, 0.717) is 0 Å². The highest BCUT2D eigenvalue weighted by atomic mass is 32.2. The number of ether oxygens (including phenoxy) is 1. The van der Waals surface area contributed by atoms with Crippen LogP contribution < -0.4 is 0 Å². The lowest BCUT2D eigenvalue weighted by atomic mass is 9.89. The normalized spacial score (nSPS) is 25.2. The second-order valence-electron chi connectivity index (χ2n) is 6.26. The molecule has 1 heterocycles. The van der Waals surface area contributed by atoms with Crippen molar-refractivity contribution in [3.63, 3.8) is 0 Å². The number of nitrogens with zero attached hydrogens (tertiary/aromatic N) is 1. The zero-order valence-corrected chi connectivity index (χ0v) is 14.8. The number of hydrogen-bond acceptors (Lipinski definition) is 5. The van der Waals surface area contributed by atoms with Crippen LogP contribution in [0.4, 0.5) is 0 Å². The van der Waals surface area contributed by atoms with Crippen LogP contribution in [0.5, 0.6) is 0 Å². The van der Waals surface area contributed by atoms with Gasteiger partial charge in [0.2, 0.25) is 10.0 Å². The van der Waals surface area contributed by atoms with Gasteiger partial charge >= 0.3 is 5.97 Å². The lowest BCUT2D eigenvalue weighted by Crippen LogP contribution is -2.56. The Morgan fingerprint density at radius 3 is 2.62 bits per heavy atom. The number of carbonyl (C=O) groups excluding carboxylic acids is 1. The van der Waals surface area contributed by atoms with Crippen LogP contribution in [0.2, 0.25) is 0 Å². The summed E-state index contributed by atoms with van der Waals surface area (Å²) in [7, 11) is -3.79. The average Bonchev–Trinajstić information content (AvgIpc) is 2.46. The van der Waals surface area contributed by atoms with Gasteiger partial charge in [0.25, 0.3) is 0 Å². The van der Waals surface area contributed by atoms with Crippen LogP contribution in [0, 0.1) is 6.92 Å². The second kappa shape index (κ2) is 7.04. The van der Waals surface area contributed by atoms with Crippen molar-refractivity contribution in [1.29, 1.82) is 0 Å². The molecule has 1 aliphatic rings. The maximum absolute atomic E-state index is 12.9. The van der Waals surface area contributed by atoms with Gasteiger partial charge in [0.15, 0.2) is 0 Å². The van der Waals surface area contributed by atoms with Gasteiger partial charge < -0.3 is 9.84 Å². The Hall–Kier alpha value is -1.70. The first kappa shape index (κ1) is 18.6. The first-order chi connectivity index (χ1) is 11.2. The summed E-state index contributed by atoms with van der Waals surface area (Å²) in [5, 5.41) is 10.7. The number of carbonyl (C=O) groups is 1. The molecule has 24 heavy (non-hydrogen) atoms. The van der Waals surface area contributed by atoms with E-state index in [1.807, 2.05) is 6.92 Å². The third kappa shape index (κ3) is 4.23. The molecule has 7 heteroatoms. The highest BCUT2D eigenvalue weighted by Crippen LogP contribution is 2.30. The standard InChI is InChI=1S/C17H23NO5S/c1-4-9-17(20)10-15(23-14(3)19)11-18(12-17)24(21,22)16-7-5-13(2)6-8-16/h4-8,15,20H,1,9-12H2,2-3H3/t15-,17-/m1/s1. The summed E-state index contributed by atoms with van der Waals surface area (Å²) in [6.45, 7) is 6.70. The zero-order valence-electron chi connectivity index (χ0n) is 13.9. The summed E-state index contributed by atoms with van der Waals surface area (Å²) in [6.07, 6.45) is 1.23. The molecule has 132 valence electrons. The molecule has 0 amide bonds. The van der Waals surface area contributed by atoms with Gasteiger partial charge in [0.05, 0.1) is 17.0 Å². The number of piperidine rings is 1. The van der Waals surface area contributed by atoms with Crippen molar-refractivity contribution in [2.45, 2.75) is 43.3 Å². The molecule has 0 spiro atoms. The van der Waals surface area contributed by atoms with Crippen molar-refractivity contribution in [3.05, 3.63) is 42.5 Å². The van der Waals surface area contributed by atoms with Crippen LogP contribution in [0.25, 0.3) is 0 Å². The smallest absolute Gasteiger partial charge is 0.302 e. The lowest BCUT2D eigenvalue weighted by Gasteiger charge is -2.41. The molecule has 1 saturated heterocycles. The van der Waals surface area contributed by atoms with Crippen molar-refractivity contribution in [1.82, 2.24) is 4.31 Å². The van der Waals surface area contributed by atoms with Crippen LogP contribution in [0.1, 0.15) is 25.3 Å². The number of esters is 1. The van der Waals surface area contributed by atoms with E-state index in [1.165, 1.54) is 29.4 Å². The van der Waals surface area contributed by atoms with Gasteiger partial charge in [-0.3, -0.25) is 4.79 Å². The SMILES string of the molecule is C=CC[C@@]1(O)C[C@@H](OC(C)=O)CN(S(=O)(=O)c2ccc(C)cc2)C1. The van der Waals surface area contributed by atoms with E-state index in [-0.39, 0.29) is 30.8 Å². The Morgan fingerprint density at radius 2 is 2.08 bits per heavy atom. The molecule has 2 atom stereocenters. The summed E-state index contributed by atoms with van der Waals surface area (Å²) >= 11 is 0. The molecule has 0 aliphatic carbocycles. The molecule has 2 rings (SSSR count). The van der Waals surface area contributed by atoms with E-state index < -0.39 is 27.7 Å². The summed E-state index contributed by atoms with van der Waals surface area (Å²) in [6, 6.07) is 6.51. The molecule has 1 aromatic rings. The molecule has 1 fully saturated rings. The quantitative estimate of drug-likeness (QED) is 0.642. The zero-order chi connectivity index (χ0) is 18.0. The molecule has 1 aliphatic heterocycles. The van der Waals surface area contributed by atoms with Gasteiger partial charge in [0.1, 0.15) is 6.10 Å². The highest BCUT2D eigenvalue weighted by molar-refractivity contribution is 7.89. The summed E-state index contributed by atoms with van der Waals surface area (Å²) in [4.78, 5) is 11.4. The van der Waals surface area contributed by atoms with Crippen molar-refractivity contribution in [3.8, 4) is 0 Å². The third-order valence-electron chi connectivity index (χ3n) is 4.00. The van der Waals surface area contributed by atoms with E-state index in [0.717, 1.165) is 5.56 Å². The van der Waals surface area contributed by atoms with Gasteiger partial charge in [-0.05, 0) is 25.5 Å². The monoisotopic (exact) mass is 353 g/mol. The molecule has 0 aromatic heterocycles. The number of benzene rings is 1. The summed E-state index contributed by atoms with van der Waals surface area (Å²) in [5.41, 5.74) is -0.355. The van der Waals surface area contributed by atoms with E-state index in [4.69, 9.17) is 4.74 Å². The van der Waals surface area contributed by atoms with Crippen LogP contribution in [0.15, 0.2) is 41.8 Å². The molecule has 0 saturated carbocycles. The Morgan fingerprint density at radius 1 is 1.46 bits per heavy atom. The molecule has 1 aromatic carbocycles. The number of rotatable bonds is 5. The fraction of sp³-hybridized carbons (Fsp3) is 0.471. The molecule has 6 nitrogen and oxygen atoms in total. The van der Waals surface area contributed by atoms with E-state index in [9.17, 15) is 18.3 Å². The van der Waals surface area contributed by atoms with Crippen molar-refractivity contribution in [2.75, 3.05) is 13.1 Å². The van der Waals surface area contributed by atoms with Crippen molar-refractivity contribution < 1.29 is 23.1 Å². The second-order valence-corrected chi connectivity index (χ2v) is 8.20. The van der Waals surface area contributed by atoms with Gasteiger partial charge in [-0.25, -0.2) is 8.42 Å². The maximum Gasteiger partial charge on any atom is 0.302 e. The van der Waals surface area contributed by atoms with E-state index in [1.54, 1.807) is 12.1 Å². The number of β-amino-alcohol motifs (C(OH)–C–C–N with tert-alkyl or cyclic N) is 1. The van der Waals surface area contributed by atoms with Gasteiger partial charge in [-0.15, -0.1) is 6.58 Å². The number of hydrogen-bond donors (Lipinski definition) is 1. The minimum atomic E-state index is -3.79. The minimum Gasteiger partial charge on any atom is -0.461 e.